The SMILES string of the molecule is CCC(C)C(=O)OCCN(CC)c1ccc(N=Nc2ccc([N+](=O)[O-])cc2Cl)cc1. The molecule has 1 unspecified atom stereocenters. The Kier molecular flexibility index (Phi) is 8.73. The molecule has 0 aromatic heterocycles. The van der Waals surface area contributed by atoms with Crippen LogP contribution in [0.1, 0.15) is 27.2 Å². The Morgan fingerprint density at radius 2 is 1.90 bits per heavy atom. The molecule has 0 fully saturated rings. The number of carbonyl (C=O) groups is 1. The second-order valence-corrected chi connectivity index (χ2v) is 7.07. The first kappa shape index (κ1) is 23.3. The second kappa shape index (κ2) is 11.3. The van der Waals surface area contributed by atoms with E-state index in [1.807, 2.05) is 45.0 Å². The number of hydrogen-bond acceptors (Lipinski definition) is 7. The molecule has 9 heteroatoms. The highest BCUT2D eigenvalue weighted by molar-refractivity contribution is 6.33. The number of nitro groups is 1. The van der Waals surface area contributed by atoms with Crippen LogP contribution in [0.4, 0.5) is 22.7 Å². The Bertz CT molecular complexity index is 902. The number of nitrogens with zero attached hydrogens (tertiary/aromatic N) is 4. The van der Waals surface area contributed by atoms with Gasteiger partial charge in [-0.2, -0.15) is 5.11 Å². The number of azo groups is 1. The number of halogens is 1. The fourth-order valence-electron chi connectivity index (χ4n) is 2.57. The van der Waals surface area contributed by atoms with Gasteiger partial charge in [0, 0.05) is 24.4 Å². The number of hydrogen-bond donors (Lipinski definition) is 0. The first-order valence-electron chi connectivity index (χ1n) is 9.73. The minimum Gasteiger partial charge on any atom is -0.464 e. The normalized spacial score (nSPS) is 12.0. The molecule has 0 radical (unpaired) electrons. The minimum atomic E-state index is -0.518. The number of esters is 1. The van der Waals surface area contributed by atoms with Gasteiger partial charge in [-0.15, -0.1) is 5.11 Å². The summed E-state index contributed by atoms with van der Waals surface area (Å²) in [6.45, 7) is 7.53. The van der Waals surface area contributed by atoms with Gasteiger partial charge in [0.25, 0.3) is 5.69 Å². The van der Waals surface area contributed by atoms with E-state index >= 15 is 0 Å². The van der Waals surface area contributed by atoms with Crippen LogP contribution >= 0.6 is 11.6 Å². The van der Waals surface area contributed by atoms with Crippen LogP contribution < -0.4 is 4.90 Å². The average molecular weight is 433 g/mol. The highest BCUT2D eigenvalue weighted by Crippen LogP contribution is 2.30. The molecule has 2 aromatic carbocycles. The van der Waals surface area contributed by atoms with Crippen molar-refractivity contribution in [3.8, 4) is 0 Å². The summed E-state index contributed by atoms with van der Waals surface area (Å²) in [5.74, 6) is -0.261. The summed E-state index contributed by atoms with van der Waals surface area (Å²) in [6, 6.07) is 11.5. The summed E-state index contributed by atoms with van der Waals surface area (Å²) in [7, 11) is 0. The summed E-state index contributed by atoms with van der Waals surface area (Å²) < 4.78 is 5.33. The number of likely N-dealkylation sites (N-methyl/N-ethyl adjacent to an activating group) is 1. The van der Waals surface area contributed by atoms with E-state index < -0.39 is 4.92 Å². The number of nitro benzene ring substituents is 1. The maximum Gasteiger partial charge on any atom is 0.308 e. The Balaban J connectivity index is 1.98. The van der Waals surface area contributed by atoms with Gasteiger partial charge in [0.1, 0.15) is 12.3 Å². The molecule has 0 saturated carbocycles. The van der Waals surface area contributed by atoms with E-state index in [2.05, 4.69) is 15.1 Å². The molecular weight excluding hydrogens is 408 g/mol. The van der Waals surface area contributed by atoms with Gasteiger partial charge in [-0.05, 0) is 43.7 Å². The number of ether oxygens (including phenoxy) is 1. The van der Waals surface area contributed by atoms with Crippen LogP contribution in [0.2, 0.25) is 5.02 Å². The molecule has 2 aromatic rings. The zero-order chi connectivity index (χ0) is 22.1. The Morgan fingerprint density at radius 3 is 2.47 bits per heavy atom. The third-order valence-corrected chi connectivity index (χ3v) is 4.93. The van der Waals surface area contributed by atoms with Crippen LogP contribution in [0.15, 0.2) is 52.7 Å². The van der Waals surface area contributed by atoms with E-state index in [-0.39, 0.29) is 22.6 Å². The average Bonchev–Trinajstić information content (AvgIpc) is 2.75. The van der Waals surface area contributed by atoms with Gasteiger partial charge >= 0.3 is 5.97 Å². The van der Waals surface area contributed by atoms with Crippen LogP contribution in [-0.2, 0) is 9.53 Å². The molecule has 0 N–H and O–H groups in total. The van der Waals surface area contributed by atoms with Crippen LogP contribution in [-0.4, -0.2) is 30.6 Å². The van der Waals surface area contributed by atoms with Gasteiger partial charge in [0.15, 0.2) is 0 Å². The topological polar surface area (TPSA) is 97.4 Å². The van der Waals surface area contributed by atoms with Gasteiger partial charge in [-0.3, -0.25) is 14.9 Å². The zero-order valence-corrected chi connectivity index (χ0v) is 18.0. The zero-order valence-electron chi connectivity index (χ0n) is 17.2. The third kappa shape index (κ3) is 6.52. The molecule has 0 heterocycles. The minimum absolute atomic E-state index is 0.0889. The molecule has 0 spiro atoms. The van der Waals surface area contributed by atoms with Crippen molar-refractivity contribution < 1.29 is 14.5 Å². The number of carbonyl (C=O) groups excluding carboxylic acids is 1. The van der Waals surface area contributed by atoms with Crippen molar-refractivity contribution in [1.82, 2.24) is 0 Å². The fourth-order valence-corrected chi connectivity index (χ4v) is 2.78. The standard InChI is InChI=1S/C21H25ClN4O4/c1-4-15(3)21(27)30-13-12-25(5-2)17-8-6-16(7-9-17)23-24-20-11-10-18(26(28)29)14-19(20)22/h6-11,14-15H,4-5,12-13H2,1-3H3. The van der Waals surface area contributed by atoms with Gasteiger partial charge < -0.3 is 9.64 Å². The predicted molar refractivity (Wildman–Crippen MR) is 117 cm³/mol. The van der Waals surface area contributed by atoms with Crippen molar-refractivity contribution in [2.75, 3.05) is 24.6 Å². The molecule has 2 rings (SSSR count). The molecule has 0 aliphatic heterocycles. The molecule has 1 atom stereocenters. The summed E-state index contributed by atoms with van der Waals surface area (Å²) in [5.41, 5.74) is 1.85. The highest BCUT2D eigenvalue weighted by atomic mass is 35.5. The van der Waals surface area contributed by atoms with Crippen molar-refractivity contribution in [1.29, 1.82) is 0 Å². The van der Waals surface area contributed by atoms with E-state index in [0.717, 1.165) is 18.7 Å². The number of non-ortho nitro benzene ring substituents is 1. The molecule has 0 bridgehead atoms. The van der Waals surface area contributed by atoms with Gasteiger partial charge in [-0.1, -0.05) is 25.4 Å². The first-order chi connectivity index (χ1) is 14.3. The van der Waals surface area contributed by atoms with Crippen molar-refractivity contribution >= 4 is 40.3 Å². The smallest absolute Gasteiger partial charge is 0.308 e. The van der Waals surface area contributed by atoms with E-state index in [1.165, 1.54) is 18.2 Å². The molecule has 0 amide bonds. The van der Waals surface area contributed by atoms with E-state index in [4.69, 9.17) is 16.3 Å². The molecule has 0 aliphatic carbocycles. The lowest BCUT2D eigenvalue weighted by atomic mass is 10.1. The van der Waals surface area contributed by atoms with Crippen LogP contribution in [0, 0.1) is 16.0 Å². The predicted octanol–water partition coefficient (Wildman–Crippen LogP) is 6.08. The lowest BCUT2D eigenvalue weighted by molar-refractivity contribution is -0.384. The first-order valence-corrected chi connectivity index (χ1v) is 10.1. The second-order valence-electron chi connectivity index (χ2n) is 6.67. The highest BCUT2D eigenvalue weighted by Gasteiger charge is 2.13. The Morgan fingerprint density at radius 1 is 1.20 bits per heavy atom. The van der Waals surface area contributed by atoms with Crippen molar-refractivity contribution in [2.24, 2.45) is 16.1 Å². The maximum absolute atomic E-state index is 11.8. The summed E-state index contributed by atoms with van der Waals surface area (Å²) in [4.78, 5) is 24.1. The molecule has 0 aliphatic rings. The maximum atomic E-state index is 11.8. The summed E-state index contributed by atoms with van der Waals surface area (Å²) in [6.07, 6.45) is 0.761. The van der Waals surface area contributed by atoms with Gasteiger partial charge in [0.2, 0.25) is 0 Å². The van der Waals surface area contributed by atoms with Gasteiger partial charge in [0.05, 0.1) is 28.1 Å². The molecule has 0 saturated heterocycles. The molecule has 160 valence electrons. The van der Waals surface area contributed by atoms with Crippen LogP contribution in [0.5, 0.6) is 0 Å². The Hall–Kier alpha value is -3.00. The van der Waals surface area contributed by atoms with Crippen LogP contribution in [0.25, 0.3) is 0 Å². The third-order valence-electron chi connectivity index (χ3n) is 4.63. The Labute approximate surface area is 180 Å². The largest absolute Gasteiger partial charge is 0.464 e. The summed E-state index contributed by atoms with van der Waals surface area (Å²) >= 11 is 6.02. The van der Waals surface area contributed by atoms with Crippen molar-refractivity contribution in [2.45, 2.75) is 27.2 Å². The molecule has 8 nitrogen and oxygen atoms in total. The van der Waals surface area contributed by atoms with Crippen LogP contribution in [0.3, 0.4) is 0 Å². The number of benzene rings is 2. The molecule has 30 heavy (non-hydrogen) atoms. The lowest BCUT2D eigenvalue weighted by Crippen LogP contribution is -2.28. The fraction of sp³-hybridized carbons (Fsp3) is 0.381. The van der Waals surface area contributed by atoms with Crippen molar-refractivity contribution in [3.63, 3.8) is 0 Å². The van der Waals surface area contributed by atoms with Crippen molar-refractivity contribution in [3.05, 3.63) is 57.6 Å². The van der Waals surface area contributed by atoms with E-state index in [0.29, 0.717) is 24.5 Å². The quantitative estimate of drug-likeness (QED) is 0.196. The monoisotopic (exact) mass is 432 g/mol. The lowest BCUT2D eigenvalue weighted by Gasteiger charge is -2.23. The number of anilines is 1. The summed E-state index contributed by atoms with van der Waals surface area (Å²) in [5, 5.41) is 19.1. The number of rotatable bonds is 10. The van der Waals surface area contributed by atoms with E-state index in [1.54, 1.807) is 0 Å². The van der Waals surface area contributed by atoms with Gasteiger partial charge in [-0.25, -0.2) is 0 Å². The van der Waals surface area contributed by atoms with E-state index in [9.17, 15) is 14.9 Å². The molecular formula is C21H25ClN4O4.